The van der Waals surface area contributed by atoms with Crippen molar-refractivity contribution in [2.75, 3.05) is 13.1 Å². The van der Waals surface area contributed by atoms with Crippen molar-refractivity contribution >= 4 is 29.5 Å². The van der Waals surface area contributed by atoms with Crippen LogP contribution in [0.5, 0.6) is 11.5 Å². The van der Waals surface area contributed by atoms with Gasteiger partial charge in [-0.2, -0.15) is 0 Å². The van der Waals surface area contributed by atoms with Gasteiger partial charge in [0.1, 0.15) is 23.4 Å². The fraction of sp³-hybridized carbons (Fsp3) is 0.243. The number of pyridine rings is 1. The van der Waals surface area contributed by atoms with E-state index in [9.17, 15) is 24.0 Å². The molecule has 4 aromatic rings. The Morgan fingerprint density at radius 3 is 2.29 bits per heavy atom. The maximum atomic E-state index is 15.8. The number of carbonyl (C=O) groups is 5. The number of nitrogens with one attached hydrogen (secondary N) is 1. The van der Waals surface area contributed by atoms with Crippen molar-refractivity contribution < 1.29 is 33.1 Å². The minimum Gasteiger partial charge on any atom is -0.457 e. The number of aromatic nitrogens is 1. The number of primary amides is 1. The summed E-state index contributed by atoms with van der Waals surface area (Å²) in [6, 6.07) is 22.0. The van der Waals surface area contributed by atoms with Crippen LogP contribution in [0.2, 0.25) is 0 Å². The maximum absolute atomic E-state index is 15.8. The smallest absolute Gasteiger partial charge is 0.265 e. The van der Waals surface area contributed by atoms with Gasteiger partial charge in [0.2, 0.25) is 11.8 Å². The Hall–Kier alpha value is -5.75. The summed E-state index contributed by atoms with van der Waals surface area (Å²) >= 11 is 0. The van der Waals surface area contributed by atoms with Gasteiger partial charge in [0.05, 0.1) is 22.4 Å². The van der Waals surface area contributed by atoms with Gasteiger partial charge in [0.15, 0.2) is 0 Å². The number of ether oxygens (including phenoxy) is 1. The molecule has 7 rings (SSSR count). The van der Waals surface area contributed by atoms with Crippen LogP contribution in [0, 0.1) is 5.82 Å². The van der Waals surface area contributed by atoms with Crippen molar-refractivity contribution in [1.29, 1.82) is 0 Å². The van der Waals surface area contributed by atoms with Crippen molar-refractivity contribution in [2.24, 2.45) is 5.73 Å². The topological polar surface area (TPSA) is 152 Å². The van der Waals surface area contributed by atoms with E-state index in [1.807, 2.05) is 60.7 Å². The molecular formula is C37H32FN5O6. The number of piperidine rings is 2. The summed E-state index contributed by atoms with van der Waals surface area (Å²) < 4.78 is 21.7. The fourth-order valence-corrected chi connectivity index (χ4v) is 6.74. The van der Waals surface area contributed by atoms with Gasteiger partial charge in [0, 0.05) is 35.7 Å². The lowest BCUT2D eigenvalue weighted by molar-refractivity contribution is -0.136. The number of likely N-dealkylation sites (tertiary alicyclic amines) is 1. The molecule has 0 bridgehead atoms. The van der Waals surface area contributed by atoms with Gasteiger partial charge >= 0.3 is 0 Å². The lowest BCUT2D eigenvalue weighted by Gasteiger charge is -2.32. The van der Waals surface area contributed by atoms with Crippen LogP contribution < -0.4 is 15.8 Å². The lowest BCUT2D eigenvalue weighted by atomic mass is 9.91. The minimum atomic E-state index is -1.16. The molecule has 248 valence electrons. The molecule has 0 spiro atoms. The van der Waals surface area contributed by atoms with Crippen LogP contribution in [0.1, 0.15) is 73.9 Å². The molecule has 12 heteroatoms. The van der Waals surface area contributed by atoms with E-state index in [0.29, 0.717) is 35.8 Å². The highest BCUT2D eigenvalue weighted by Gasteiger charge is 2.46. The van der Waals surface area contributed by atoms with Gasteiger partial charge in [-0.25, -0.2) is 4.39 Å². The second-order valence-electron chi connectivity index (χ2n) is 12.4. The molecule has 0 saturated carbocycles. The summed E-state index contributed by atoms with van der Waals surface area (Å²) in [6.07, 6.45) is 1.42. The largest absolute Gasteiger partial charge is 0.457 e. The third kappa shape index (κ3) is 6.18. The molecule has 1 unspecified atom stereocenters. The van der Waals surface area contributed by atoms with Crippen LogP contribution in [-0.4, -0.2) is 63.5 Å². The van der Waals surface area contributed by atoms with Gasteiger partial charge in [-0.1, -0.05) is 24.3 Å². The van der Waals surface area contributed by atoms with Gasteiger partial charge < -0.3 is 10.5 Å². The first kappa shape index (κ1) is 31.8. The van der Waals surface area contributed by atoms with Crippen molar-refractivity contribution in [2.45, 2.75) is 44.2 Å². The monoisotopic (exact) mass is 661 g/mol. The normalized spacial score (nSPS) is 18.4. The molecule has 3 aliphatic rings. The summed E-state index contributed by atoms with van der Waals surface area (Å²) in [5.74, 6) is -2.76. The van der Waals surface area contributed by atoms with Crippen LogP contribution in [0.25, 0.3) is 11.3 Å². The first-order chi connectivity index (χ1) is 23.7. The van der Waals surface area contributed by atoms with E-state index in [1.165, 1.54) is 12.1 Å². The number of amides is 5. The zero-order valence-corrected chi connectivity index (χ0v) is 26.4. The van der Waals surface area contributed by atoms with E-state index >= 15 is 4.39 Å². The molecule has 2 fully saturated rings. The van der Waals surface area contributed by atoms with Crippen LogP contribution >= 0.6 is 0 Å². The molecule has 3 aliphatic heterocycles. The molecule has 3 N–H and O–H groups in total. The predicted octanol–water partition coefficient (Wildman–Crippen LogP) is 4.56. The van der Waals surface area contributed by atoms with Crippen LogP contribution in [-0.2, 0) is 16.1 Å². The highest BCUT2D eigenvalue weighted by molar-refractivity contribution is 6.23. The third-order valence-electron chi connectivity index (χ3n) is 9.31. The number of carbonyl (C=O) groups excluding carboxylic acids is 5. The summed E-state index contributed by atoms with van der Waals surface area (Å²) in [4.78, 5) is 70.3. The molecular weight excluding hydrogens is 629 g/mol. The van der Waals surface area contributed by atoms with Crippen molar-refractivity contribution in [3.63, 3.8) is 0 Å². The number of halogens is 1. The molecule has 0 radical (unpaired) electrons. The molecule has 0 aliphatic carbocycles. The summed E-state index contributed by atoms with van der Waals surface area (Å²) in [5.41, 5.74) is 7.91. The van der Waals surface area contributed by atoms with Gasteiger partial charge in [-0.05, 0) is 86.9 Å². The molecule has 11 nitrogen and oxygen atoms in total. The van der Waals surface area contributed by atoms with E-state index in [2.05, 4.69) is 10.2 Å². The SMILES string of the molecule is NC(=O)c1ccc(C2CCN(Cc3ccc4c(c3F)C(=O)N(C3CCC(=O)NC3=O)C4=O)CC2)nc1-c1ccc(Oc2ccccc2)cc1. The van der Waals surface area contributed by atoms with E-state index < -0.39 is 41.4 Å². The summed E-state index contributed by atoms with van der Waals surface area (Å²) in [7, 11) is 0. The molecule has 3 aromatic carbocycles. The number of hydrogen-bond donors (Lipinski definition) is 2. The standard InChI is InChI=1S/C37H32FN5O6/c38-32-23(8-11-26-31(32)37(48)43(36(26)47)29-14-15-30(44)41-35(29)46)20-42-18-16-21(17-19-42)28-13-12-27(34(39)45)33(40-28)22-6-9-25(10-7-22)49-24-4-2-1-3-5-24/h1-13,21,29H,14-20H2,(H2,39,45)(H,41,44,46). The van der Waals surface area contributed by atoms with Crippen molar-refractivity contribution in [1.82, 2.24) is 20.1 Å². The third-order valence-corrected chi connectivity index (χ3v) is 9.31. The zero-order valence-electron chi connectivity index (χ0n) is 26.4. The number of para-hydroxylation sites is 1. The lowest BCUT2D eigenvalue weighted by Crippen LogP contribution is -2.54. The van der Waals surface area contributed by atoms with E-state index in [0.717, 1.165) is 29.0 Å². The Morgan fingerprint density at radius 1 is 0.878 bits per heavy atom. The van der Waals surface area contributed by atoms with Crippen LogP contribution in [0.15, 0.2) is 78.9 Å². The number of rotatable bonds is 8. The van der Waals surface area contributed by atoms with Gasteiger partial charge in [-0.3, -0.25) is 44.1 Å². The molecule has 2 saturated heterocycles. The predicted molar refractivity (Wildman–Crippen MR) is 175 cm³/mol. The number of hydrogen-bond acceptors (Lipinski definition) is 8. The molecule has 1 aromatic heterocycles. The zero-order chi connectivity index (χ0) is 34.2. The molecule has 49 heavy (non-hydrogen) atoms. The molecule has 1 atom stereocenters. The van der Waals surface area contributed by atoms with E-state index in [4.69, 9.17) is 15.5 Å². The van der Waals surface area contributed by atoms with Crippen LogP contribution in [0.4, 0.5) is 4.39 Å². The quantitative estimate of drug-likeness (QED) is 0.261. The van der Waals surface area contributed by atoms with Gasteiger partial charge in [0.25, 0.3) is 17.7 Å². The second kappa shape index (κ2) is 13.0. The average molecular weight is 662 g/mol. The van der Waals surface area contributed by atoms with E-state index in [-0.39, 0.29) is 42.0 Å². The van der Waals surface area contributed by atoms with Crippen molar-refractivity contribution in [3.8, 4) is 22.8 Å². The minimum absolute atomic E-state index is 0.00282. The number of imide groups is 2. The number of nitrogens with two attached hydrogens (primary N) is 1. The molecule has 5 amide bonds. The Bertz CT molecular complexity index is 1990. The highest BCUT2D eigenvalue weighted by atomic mass is 19.1. The summed E-state index contributed by atoms with van der Waals surface area (Å²) in [5, 5.41) is 2.14. The fourth-order valence-electron chi connectivity index (χ4n) is 6.74. The Kier molecular flexibility index (Phi) is 8.47. The van der Waals surface area contributed by atoms with E-state index in [1.54, 1.807) is 6.07 Å². The first-order valence-electron chi connectivity index (χ1n) is 16.1. The first-order valence-corrected chi connectivity index (χ1v) is 16.1. The number of fused-ring (bicyclic) bond motifs is 1. The Balaban J connectivity index is 1.03. The average Bonchev–Trinajstić information content (AvgIpc) is 3.36. The number of nitrogens with zero attached hydrogens (tertiary/aromatic N) is 3. The highest BCUT2D eigenvalue weighted by Crippen LogP contribution is 2.34. The second-order valence-corrected chi connectivity index (χ2v) is 12.4. The summed E-state index contributed by atoms with van der Waals surface area (Å²) in [6.45, 7) is 1.47. The van der Waals surface area contributed by atoms with Gasteiger partial charge in [-0.15, -0.1) is 0 Å². The van der Waals surface area contributed by atoms with Crippen LogP contribution in [0.3, 0.4) is 0 Å². The molecule has 4 heterocycles. The van der Waals surface area contributed by atoms with Crippen molar-refractivity contribution in [3.05, 3.63) is 113 Å². The number of benzene rings is 3. The Morgan fingerprint density at radius 2 is 1.59 bits per heavy atom. The maximum Gasteiger partial charge on any atom is 0.265 e. The Labute approximate surface area is 280 Å².